The maximum absolute atomic E-state index is 13.2. The Kier molecular flexibility index (Phi) is 3.31. The Labute approximate surface area is 81.3 Å². The van der Waals surface area contributed by atoms with Crippen LogP contribution in [0.4, 0.5) is 8.78 Å². The molecule has 0 aliphatic carbocycles. The van der Waals surface area contributed by atoms with Crippen LogP contribution in [0.15, 0.2) is 35.2 Å². The number of thioether (sulfide) groups is 1. The number of benzene rings is 1. The first-order chi connectivity index (χ1) is 6.02. The summed E-state index contributed by atoms with van der Waals surface area (Å²) in [5, 5.41) is -2.68. The van der Waals surface area contributed by atoms with E-state index < -0.39 is 11.2 Å². The van der Waals surface area contributed by atoms with Crippen LogP contribution in [-0.4, -0.2) is 5.25 Å². The normalized spacial score (nSPS) is 12.1. The van der Waals surface area contributed by atoms with Gasteiger partial charge in [0.1, 0.15) is 0 Å². The molecule has 0 saturated heterocycles. The van der Waals surface area contributed by atoms with Gasteiger partial charge in [-0.2, -0.15) is 8.78 Å². The lowest BCUT2D eigenvalue weighted by Gasteiger charge is -2.19. The highest BCUT2D eigenvalue weighted by Gasteiger charge is 2.34. The largest absolute Gasteiger partial charge is 0.300 e. The van der Waals surface area contributed by atoms with Gasteiger partial charge in [0.15, 0.2) is 0 Å². The second-order valence-corrected chi connectivity index (χ2v) is 4.35. The molecule has 3 heteroatoms. The van der Waals surface area contributed by atoms with Gasteiger partial charge in [-0.3, -0.25) is 0 Å². The standard InChI is InChI=1S/C10H12F2S/c1-8(2)10(11,12)13-9-6-4-3-5-7-9/h3-8H,1-2H3. The zero-order chi connectivity index (χ0) is 9.90. The topological polar surface area (TPSA) is 0 Å². The number of halogens is 2. The minimum atomic E-state index is -2.68. The zero-order valence-electron chi connectivity index (χ0n) is 7.63. The summed E-state index contributed by atoms with van der Waals surface area (Å²) < 4.78 is 26.4. The molecule has 0 bridgehead atoms. The minimum Gasteiger partial charge on any atom is -0.194 e. The third kappa shape index (κ3) is 2.99. The molecule has 0 N–H and O–H groups in total. The van der Waals surface area contributed by atoms with E-state index in [-0.39, 0.29) is 0 Å². The molecule has 0 spiro atoms. The van der Waals surface area contributed by atoms with Crippen LogP contribution in [0, 0.1) is 5.92 Å². The summed E-state index contributed by atoms with van der Waals surface area (Å²) in [6.45, 7) is 3.05. The maximum Gasteiger partial charge on any atom is 0.300 e. The molecule has 13 heavy (non-hydrogen) atoms. The fourth-order valence-electron chi connectivity index (χ4n) is 0.764. The van der Waals surface area contributed by atoms with Gasteiger partial charge in [0.2, 0.25) is 0 Å². The number of hydrogen-bond acceptors (Lipinski definition) is 1. The van der Waals surface area contributed by atoms with Crippen LogP contribution < -0.4 is 0 Å². The summed E-state index contributed by atoms with van der Waals surface area (Å²) in [7, 11) is 0. The predicted molar refractivity (Wildman–Crippen MR) is 52.1 cm³/mol. The van der Waals surface area contributed by atoms with Gasteiger partial charge in [0.25, 0.3) is 5.25 Å². The van der Waals surface area contributed by atoms with E-state index in [1.807, 2.05) is 6.07 Å². The van der Waals surface area contributed by atoms with Crippen LogP contribution in [-0.2, 0) is 0 Å². The SMILES string of the molecule is CC(C)C(F)(F)Sc1ccccc1. The van der Waals surface area contributed by atoms with E-state index in [0.717, 1.165) is 0 Å². The van der Waals surface area contributed by atoms with E-state index in [1.54, 1.807) is 24.3 Å². The molecule has 0 fully saturated rings. The lowest BCUT2D eigenvalue weighted by molar-refractivity contribution is 0.0546. The van der Waals surface area contributed by atoms with Crippen LogP contribution in [0.25, 0.3) is 0 Å². The fraction of sp³-hybridized carbons (Fsp3) is 0.400. The maximum atomic E-state index is 13.2. The number of hydrogen-bond donors (Lipinski definition) is 0. The second-order valence-electron chi connectivity index (χ2n) is 3.13. The lowest BCUT2D eigenvalue weighted by atomic mass is 10.2. The van der Waals surface area contributed by atoms with Gasteiger partial charge in [0.05, 0.1) is 0 Å². The lowest BCUT2D eigenvalue weighted by Crippen LogP contribution is -2.18. The molecule has 0 radical (unpaired) electrons. The Balaban J connectivity index is 2.69. The smallest absolute Gasteiger partial charge is 0.194 e. The summed E-state index contributed by atoms with van der Waals surface area (Å²) >= 11 is 0.621. The van der Waals surface area contributed by atoms with Crippen molar-refractivity contribution in [2.45, 2.75) is 24.0 Å². The number of alkyl halides is 2. The van der Waals surface area contributed by atoms with E-state index in [9.17, 15) is 8.78 Å². The van der Waals surface area contributed by atoms with Gasteiger partial charge in [-0.15, -0.1) is 0 Å². The van der Waals surface area contributed by atoms with E-state index in [4.69, 9.17) is 0 Å². The first-order valence-corrected chi connectivity index (χ1v) is 4.96. The van der Waals surface area contributed by atoms with Gasteiger partial charge in [-0.25, -0.2) is 0 Å². The van der Waals surface area contributed by atoms with Gasteiger partial charge in [-0.1, -0.05) is 43.8 Å². The molecule has 0 nitrogen and oxygen atoms in total. The summed E-state index contributed by atoms with van der Waals surface area (Å²) in [5.74, 6) is -0.641. The van der Waals surface area contributed by atoms with Crippen molar-refractivity contribution in [1.29, 1.82) is 0 Å². The van der Waals surface area contributed by atoms with Gasteiger partial charge < -0.3 is 0 Å². The van der Waals surface area contributed by atoms with Gasteiger partial charge >= 0.3 is 0 Å². The summed E-state index contributed by atoms with van der Waals surface area (Å²) in [5.41, 5.74) is 0. The summed E-state index contributed by atoms with van der Waals surface area (Å²) in [4.78, 5) is 0.612. The molecule has 0 aliphatic heterocycles. The van der Waals surface area contributed by atoms with E-state index in [2.05, 4.69) is 0 Å². The van der Waals surface area contributed by atoms with Crippen molar-refractivity contribution in [3.05, 3.63) is 30.3 Å². The van der Waals surface area contributed by atoms with Crippen molar-refractivity contribution in [3.8, 4) is 0 Å². The molecule has 1 aromatic rings. The highest BCUT2D eigenvalue weighted by molar-refractivity contribution is 8.00. The molecule has 72 valence electrons. The van der Waals surface area contributed by atoms with Crippen LogP contribution in [0.1, 0.15) is 13.8 Å². The van der Waals surface area contributed by atoms with Crippen molar-refractivity contribution < 1.29 is 8.78 Å². The molecule has 0 atom stereocenters. The van der Waals surface area contributed by atoms with Gasteiger partial charge in [0, 0.05) is 10.8 Å². The second kappa shape index (κ2) is 4.09. The summed E-state index contributed by atoms with van der Waals surface area (Å²) in [6.07, 6.45) is 0. The Morgan fingerprint density at radius 3 is 2.15 bits per heavy atom. The molecule has 0 saturated carbocycles. The Bertz CT molecular complexity index is 257. The summed E-state index contributed by atoms with van der Waals surface area (Å²) in [6, 6.07) is 8.73. The van der Waals surface area contributed by atoms with Crippen LogP contribution >= 0.6 is 11.8 Å². The van der Waals surface area contributed by atoms with Crippen molar-refractivity contribution in [2.24, 2.45) is 5.92 Å². The van der Waals surface area contributed by atoms with E-state index >= 15 is 0 Å². The predicted octanol–water partition coefficient (Wildman–Crippen LogP) is 4.03. The molecule has 0 unspecified atom stereocenters. The first kappa shape index (κ1) is 10.5. The average Bonchev–Trinajstić information content (AvgIpc) is 2.05. The molecular weight excluding hydrogens is 190 g/mol. The van der Waals surface area contributed by atoms with Crippen molar-refractivity contribution in [1.82, 2.24) is 0 Å². The molecule has 1 aromatic carbocycles. The van der Waals surface area contributed by atoms with Crippen LogP contribution in [0.5, 0.6) is 0 Å². The molecule has 1 rings (SSSR count). The van der Waals surface area contributed by atoms with Crippen molar-refractivity contribution >= 4 is 11.8 Å². The molecule has 0 aliphatic rings. The van der Waals surface area contributed by atoms with Crippen molar-refractivity contribution in [3.63, 3.8) is 0 Å². The first-order valence-electron chi connectivity index (χ1n) is 4.14. The molecule has 0 heterocycles. The van der Waals surface area contributed by atoms with E-state index in [1.165, 1.54) is 13.8 Å². The average molecular weight is 202 g/mol. The highest BCUT2D eigenvalue weighted by Crippen LogP contribution is 2.40. The quantitative estimate of drug-likeness (QED) is 0.667. The zero-order valence-corrected chi connectivity index (χ0v) is 8.44. The molecule has 0 aromatic heterocycles. The van der Waals surface area contributed by atoms with Gasteiger partial charge in [-0.05, 0) is 12.1 Å². The third-order valence-electron chi connectivity index (χ3n) is 1.67. The third-order valence-corrected chi connectivity index (χ3v) is 2.92. The monoisotopic (exact) mass is 202 g/mol. The van der Waals surface area contributed by atoms with E-state index in [0.29, 0.717) is 16.7 Å². The Morgan fingerprint density at radius 1 is 1.15 bits per heavy atom. The Morgan fingerprint density at radius 2 is 1.69 bits per heavy atom. The fourth-order valence-corrected chi connectivity index (χ4v) is 1.61. The van der Waals surface area contributed by atoms with Crippen molar-refractivity contribution in [2.75, 3.05) is 0 Å². The van der Waals surface area contributed by atoms with Crippen LogP contribution in [0.2, 0.25) is 0 Å². The number of rotatable bonds is 3. The minimum absolute atomic E-state index is 0.612. The highest BCUT2D eigenvalue weighted by atomic mass is 32.2. The Hall–Kier alpha value is -0.570. The molecular formula is C10H12F2S. The molecule has 0 amide bonds. The van der Waals surface area contributed by atoms with Crippen LogP contribution in [0.3, 0.4) is 0 Å².